The zero-order chi connectivity index (χ0) is 35.8. The number of aliphatic imine (C=N–C) groups is 1. The molecular formula is C37H51N7O4S. The summed E-state index contributed by atoms with van der Waals surface area (Å²) in [4.78, 5) is 35.3. The van der Waals surface area contributed by atoms with Crippen LogP contribution in [-0.4, -0.2) is 62.4 Å². The summed E-state index contributed by atoms with van der Waals surface area (Å²) in [6.45, 7) is 16.9. The maximum atomic E-state index is 14.8. The number of nitrogens with one attached hydrogen (secondary N) is 2. The number of rotatable bonds is 10. The molecule has 0 bridgehead atoms. The smallest absolute Gasteiger partial charge is 0.275 e. The highest BCUT2D eigenvalue weighted by molar-refractivity contribution is 7.92. The summed E-state index contributed by atoms with van der Waals surface area (Å²) in [7, 11) is -3.55. The number of carbonyl (C=O) groups is 2. The SMILES string of the molecule is CC(C)S(=O)(=O)c1cccc(C2=NC3(CCC(C(C)(C)C)CC3)N([C@H](CCC(C)(C)C)c3ccc(C(=O)NCc4nn[nH]n4)cc3)C2=O)c1. The van der Waals surface area contributed by atoms with Crippen molar-refractivity contribution in [2.24, 2.45) is 21.7 Å². The fourth-order valence-corrected chi connectivity index (χ4v) is 8.12. The molecule has 2 heterocycles. The van der Waals surface area contributed by atoms with E-state index in [9.17, 15) is 18.0 Å². The van der Waals surface area contributed by atoms with Gasteiger partial charge in [-0.25, -0.2) is 8.42 Å². The number of carbonyl (C=O) groups excluding carboxylic acids is 2. The van der Waals surface area contributed by atoms with Gasteiger partial charge in [-0.1, -0.05) is 71.0 Å². The molecule has 2 aliphatic rings. The van der Waals surface area contributed by atoms with Crippen LogP contribution in [0.15, 0.2) is 58.4 Å². The summed E-state index contributed by atoms with van der Waals surface area (Å²) in [5, 5.41) is 15.9. The van der Waals surface area contributed by atoms with E-state index in [1.54, 1.807) is 50.2 Å². The van der Waals surface area contributed by atoms with Gasteiger partial charge in [-0.05, 0) is 98.9 Å². The lowest BCUT2D eigenvalue weighted by Crippen LogP contribution is -2.51. The van der Waals surface area contributed by atoms with E-state index in [1.165, 1.54) is 0 Å². The molecule has 11 nitrogen and oxygen atoms in total. The Morgan fingerprint density at radius 2 is 1.71 bits per heavy atom. The van der Waals surface area contributed by atoms with Crippen LogP contribution < -0.4 is 5.32 Å². The number of tetrazole rings is 1. The summed E-state index contributed by atoms with van der Waals surface area (Å²) < 4.78 is 26.3. The quantitative estimate of drug-likeness (QED) is 0.249. The van der Waals surface area contributed by atoms with Crippen LogP contribution in [0.1, 0.15) is 127 Å². The number of sulfone groups is 1. The van der Waals surface area contributed by atoms with Gasteiger partial charge in [-0.3, -0.25) is 14.6 Å². The van der Waals surface area contributed by atoms with E-state index in [-0.39, 0.29) is 40.1 Å². The van der Waals surface area contributed by atoms with E-state index < -0.39 is 20.8 Å². The van der Waals surface area contributed by atoms with Crippen LogP contribution in [-0.2, 0) is 21.2 Å². The van der Waals surface area contributed by atoms with Crippen LogP contribution >= 0.6 is 0 Å². The second kappa shape index (κ2) is 13.8. The van der Waals surface area contributed by atoms with E-state index >= 15 is 0 Å². The first-order valence-electron chi connectivity index (χ1n) is 17.3. The van der Waals surface area contributed by atoms with Gasteiger partial charge < -0.3 is 10.2 Å². The van der Waals surface area contributed by atoms with Crippen molar-refractivity contribution in [2.45, 2.75) is 122 Å². The average Bonchev–Trinajstić information content (AvgIpc) is 3.66. The second-order valence-electron chi connectivity index (χ2n) is 16.1. The standard InChI is InChI=1S/C37H51N7O4S/c1-24(2)49(47,48)29-11-9-10-27(22-29)32-34(46)44(37(39-32)20-16-28(17-21-37)36(6,7)8)30(18-19-35(3,4)5)25-12-14-26(15-13-25)33(45)38-23-31-40-42-43-41-31/h9-15,22,24,28,30H,16-21,23H2,1-8H3,(H,38,45)(H,40,41,42,43)/t28?,30-,37?/m1/s1. The molecule has 49 heavy (non-hydrogen) atoms. The Morgan fingerprint density at radius 1 is 1.04 bits per heavy atom. The number of aromatic nitrogens is 4. The van der Waals surface area contributed by atoms with Crippen molar-refractivity contribution in [3.63, 3.8) is 0 Å². The molecule has 1 aromatic heterocycles. The third-order valence-electron chi connectivity index (χ3n) is 10.1. The molecule has 2 N–H and O–H groups in total. The van der Waals surface area contributed by atoms with Crippen LogP contribution in [0.2, 0.25) is 0 Å². The summed E-state index contributed by atoms with van der Waals surface area (Å²) in [5.74, 6) is 0.425. The molecule has 2 amide bonds. The Kier molecular flexibility index (Phi) is 10.2. The van der Waals surface area contributed by atoms with Gasteiger partial charge >= 0.3 is 0 Å². The Morgan fingerprint density at radius 3 is 2.29 bits per heavy atom. The second-order valence-corrected chi connectivity index (χ2v) is 18.6. The van der Waals surface area contributed by atoms with Gasteiger partial charge in [0.05, 0.1) is 22.7 Å². The monoisotopic (exact) mass is 689 g/mol. The summed E-state index contributed by atoms with van der Waals surface area (Å²) in [5.41, 5.74) is 1.63. The van der Waals surface area contributed by atoms with Gasteiger partial charge in [-0.2, -0.15) is 5.21 Å². The largest absolute Gasteiger partial charge is 0.345 e. The number of benzene rings is 2. The van der Waals surface area contributed by atoms with Crippen molar-refractivity contribution in [1.82, 2.24) is 30.8 Å². The highest BCUT2D eigenvalue weighted by Crippen LogP contribution is 2.50. The lowest BCUT2D eigenvalue weighted by atomic mass is 9.69. The van der Waals surface area contributed by atoms with E-state index in [4.69, 9.17) is 4.99 Å². The third kappa shape index (κ3) is 7.95. The molecule has 1 fully saturated rings. The Hall–Kier alpha value is -3.93. The minimum atomic E-state index is -3.55. The summed E-state index contributed by atoms with van der Waals surface area (Å²) >= 11 is 0. The maximum Gasteiger partial charge on any atom is 0.275 e. The molecule has 1 atom stereocenters. The molecule has 0 unspecified atom stereocenters. The number of amides is 2. The minimum Gasteiger partial charge on any atom is -0.345 e. The molecule has 0 radical (unpaired) electrons. The molecule has 1 aliphatic carbocycles. The zero-order valence-corrected chi connectivity index (χ0v) is 30.9. The van der Waals surface area contributed by atoms with Crippen molar-refractivity contribution >= 4 is 27.4 Å². The van der Waals surface area contributed by atoms with Crippen LogP contribution in [0.25, 0.3) is 0 Å². The predicted octanol–water partition coefficient (Wildman–Crippen LogP) is 6.44. The first kappa shape index (κ1) is 36.4. The first-order chi connectivity index (χ1) is 22.9. The number of hydrogen-bond acceptors (Lipinski definition) is 8. The molecule has 12 heteroatoms. The van der Waals surface area contributed by atoms with Crippen LogP contribution in [0, 0.1) is 16.7 Å². The molecule has 264 valence electrons. The van der Waals surface area contributed by atoms with E-state index in [0.717, 1.165) is 37.7 Å². The number of hydrogen-bond donors (Lipinski definition) is 2. The molecule has 5 rings (SSSR count). The van der Waals surface area contributed by atoms with Gasteiger partial charge in [0, 0.05) is 11.1 Å². The lowest BCUT2D eigenvalue weighted by Gasteiger charge is -2.47. The zero-order valence-electron chi connectivity index (χ0n) is 30.1. The van der Waals surface area contributed by atoms with Gasteiger partial charge in [0.2, 0.25) is 0 Å². The molecule has 0 saturated heterocycles. The van der Waals surface area contributed by atoms with Crippen LogP contribution in [0.3, 0.4) is 0 Å². The van der Waals surface area contributed by atoms with Crippen LogP contribution in [0.4, 0.5) is 0 Å². The van der Waals surface area contributed by atoms with Crippen molar-refractivity contribution in [2.75, 3.05) is 0 Å². The molecular weight excluding hydrogens is 639 g/mol. The molecule has 1 spiro atoms. The van der Waals surface area contributed by atoms with Gasteiger partial charge in [0.15, 0.2) is 15.7 Å². The maximum absolute atomic E-state index is 14.8. The molecule has 2 aromatic carbocycles. The molecule has 1 saturated carbocycles. The predicted molar refractivity (Wildman–Crippen MR) is 190 cm³/mol. The third-order valence-corrected chi connectivity index (χ3v) is 12.2. The van der Waals surface area contributed by atoms with Crippen molar-refractivity contribution in [3.05, 3.63) is 71.0 Å². The first-order valence-corrected chi connectivity index (χ1v) is 18.8. The minimum absolute atomic E-state index is 0.0102. The average molecular weight is 690 g/mol. The highest BCUT2D eigenvalue weighted by Gasteiger charge is 2.52. The van der Waals surface area contributed by atoms with Gasteiger partial charge in [0.1, 0.15) is 11.4 Å². The van der Waals surface area contributed by atoms with E-state index in [1.807, 2.05) is 17.0 Å². The van der Waals surface area contributed by atoms with Crippen molar-refractivity contribution in [1.29, 1.82) is 0 Å². The number of H-pyrrole nitrogens is 1. The van der Waals surface area contributed by atoms with Crippen molar-refractivity contribution in [3.8, 4) is 0 Å². The number of aromatic amines is 1. The fraction of sp³-hybridized carbons (Fsp3) is 0.568. The fourth-order valence-electron chi connectivity index (χ4n) is 7.01. The van der Waals surface area contributed by atoms with Gasteiger partial charge in [0.25, 0.3) is 11.8 Å². The summed E-state index contributed by atoms with van der Waals surface area (Å²) in [6.07, 6.45) is 4.85. The normalized spacial score (nSPS) is 20.9. The van der Waals surface area contributed by atoms with E-state index in [2.05, 4.69) is 67.5 Å². The molecule has 1 aliphatic heterocycles. The lowest BCUT2D eigenvalue weighted by molar-refractivity contribution is -0.134. The number of nitrogens with zero attached hydrogens (tertiary/aromatic N) is 5. The highest BCUT2D eigenvalue weighted by atomic mass is 32.2. The Labute approximate surface area is 290 Å². The summed E-state index contributed by atoms with van der Waals surface area (Å²) in [6, 6.07) is 13.8. The Balaban J connectivity index is 1.54. The Bertz CT molecular complexity index is 1780. The van der Waals surface area contributed by atoms with Crippen LogP contribution in [0.5, 0.6) is 0 Å². The molecule has 3 aromatic rings. The van der Waals surface area contributed by atoms with Gasteiger partial charge in [-0.15, -0.1) is 10.2 Å². The van der Waals surface area contributed by atoms with Crippen molar-refractivity contribution < 1.29 is 18.0 Å². The topological polar surface area (TPSA) is 150 Å². The van der Waals surface area contributed by atoms with E-state index in [0.29, 0.717) is 35.0 Å².